The highest BCUT2D eigenvalue weighted by atomic mass is 16.6. The molecule has 0 spiro atoms. The maximum Gasteiger partial charge on any atom is 0.408 e. The summed E-state index contributed by atoms with van der Waals surface area (Å²) in [6.45, 7) is 9.98. The molecule has 2 atom stereocenters. The molecule has 1 rings (SSSR count). The smallest absolute Gasteiger partial charge is 0.408 e. The van der Waals surface area contributed by atoms with Gasteiger partial charge in [-0.3, -0.25) is 14.4 Å². The van der Waals surface area contributed by atoms with Crippen LogP contribution in [0.3, 0.4) is 0 Å². The summed E-state index contributed by atoms with van der Waals surface area (Å²) in [5, 5.41) is 14.9. The summed E-state index contributed by atoms with van der Waals surface area (Å²) in [4.78, 5) is 51.6. The first kappa shape index (κ1) is 28.9. The molecule has 0 saturated carbocycles. The summed E-state index contributed by atoms with van der Waals surface area (Å²) in [7, 11) is 0. The van der Waals surface area contributed by atoms with E-state index in [9.17, 15) is 24.3 Å². The van der Waals surface area contributed by atoms with Crippen molar-refractivity contribution in [3.05, 3.63) is 35.4 Å². The van der Waals surface area contributed by atoms with Gasteiger partial charge in [-0.1, -0.05) is 29.8 Å². The lowest BCUT2D eigenvalue weighted by atomic mass is 10.0. The first-order valence-corrected chi connectivity index (χ1v) is 11.3. The third-order valence-corrected chi connectivity index (χ3v) is 4.65. The number of amides is 3. The zero-order chi connectivity index (χ0) is 25.9. The van der Waals surface area contributed by atoms with Crippen molar-refractivity contribution in [2.45, 2.75) is 65.6 Å². The van der Waals surface area contributed by atoms with Gasteiger partial charge >= 0.3 is 12.1 Å². The van der Waals surface area contributed by atoms with Crippen LogP contribution in [0.25, 0.3) is 0 Å². The molecule has 0 bridgehead atoms. The molecule has 10 heteroatoms. The summed E-state index contributed by atoms with van der Waals surface area (Å²) in [6, 6.07) is 4.76. The van der Waals surface area contributed by atoms with Gasteiger partial charge in [0, 0.05) is 13.1 Å². The lowest BCUT2D eigenvalue weighted by Gasteiger charge is -2.33. The normalized spacial score (nSPS) is 12.8. The fourth-order valence-corrected chi connectivity index (χ4v) is 3.23. The van der Waals surface area contributed by atoms with Gasteiger partial charge in [-0.15, -0.1) is 0 Å². The summed E-state index contributed by atoms with van der Waals surface area (Å²) in [6.07, 6.45) is -0.874. The fourth-order valence-electron chi connectivity index (χ4n) is 3.23. The Bertz CT molecular complexity index is 851. The number of esters is 1. The van der Waals surface area contributed by atoms with Crippen molar-refractivity contribution < 1.29 is 33.8 Å². The molecule has 0 heterocycles. The first-order chi connectivity index (χ1) is 15.9. The third-order valence-electron chi connectivity index (χ3n) is 4.65. The van der Waals surface area contributed by atoms with E-state index in [4.69, 9.17) is 9.47 Å². The molecule has 0 aromatic heterocycles. The number of ether oxygens (including phenoxy) is 2. The van der Waals surface area contributed by atoms with E-state index in [1.165, 1.54) is 4.90 Å². The summed E-state index contributed by atoms with van der Waals surface area (Å²) in [5.41, 5.74) is 0.647. The Morgan fingerprint density at radius 3 is 2.35 bits per heavy atom. The van der Waals surface area contributed by atoms with E-state index >= 15 is 0 Å². The van der Waals surface area contributed by atoms with Gasteiger partial charge in [0.15, 0.2) is 0 Å². The molecule has 0 saturated heterocycles. The molecule has 0 aliphatic heterocycles. The monoisotopic (exact) mass is 479 g/mol. The van der Waals surface area contributed by atoms with Crippen molar-refractivity contribution in [1.82, 2.24) is 15.5 Å². The van der Waals surface area contributed by atoms with Crippen LogP contribution in [0.4, 0.5) is 4.79 Å². The molecule has 10 nitrogen and oxygen atoms in total. The van der Waals surface area contributed by atoms with Gasteiger partial charge in [-0.05, 0) is 47.1 Å². The number of aryl methyl sites for hydroxylation is 1. The average Bonchev–Trinajstić information content (AvgIpc) is 2.74. The number of carbonyl (C=O) groups is 4. The topological polar surface area (TPSA) is 134 Å². The van der Waals surface area contributed by atoms with Crippen molar-refractivity contribution in [2.24, 2.45) is 0 Å². The lowest BCUT2D eigenvalue weighted by molar-refractivity contribution is -0.144. The Balaban J connectivity index is 3.15. The minimum Gasteiger partial charge on any atom is -0.466 e. The number of alkyl carbamates (subject to hydrolysis) is 1. The number of rotatable bonds is 11. The predicted octanol–water partition coefficient (Wildman–Crippen LogP) is 1.84. The van der Waals surface area contributed by atoms with E-state index in [2.05, 4.69) is 10.6 Å². The molecule has 0 aliphatic carbocycles. The van der Waals surface area contributed by atoms with Gasteiger partial charge in [0.05, 0.1) is 19.6 Å². The SMILES string of the molecule is CCOC(=O)CCNC(=O)C(c1cccc(C)c1)N(CC)C(=O)C(CO)NC(=O)OC(C)(C)C. The van der Waals surface area contributed by atoms with Crippen LogP contribution in [-0.2, 0) is 23.9 Å². The van der Waals surface area contributed by atoms with Crippen LogP contribution < -0.4 is 10.6 Å². The largest absolute Gasteiger partial charge is 0.466 e. The van der Waals surface area contributed by atoms with Crippen LogP contribution in [0.5, 0.6) is 0 Å². The molecule has 0 radical (unpaired) electrons. The van der Waals surface area contributed by atoms with Crippen LogP contribution in [0.15, 0.2) is 24.3 Å². The molecule has 1 aromatic rings. The molecule has 0 aliphatic rings. The number of hydrogen-bond donors (Lipinski definition) is 3. The number of likely N-dealkylation sites (N-methyl/N-ethyl adjacent to an activating group) is 1. The highest BCUT2D eigenvalue weighted by Crippen LogP contribution is 2.23. The Hall–Kier alpha value is -3.14. The second-order valence-electron chi connectivity index (χ2n) is 8.67. The molecule has 3 amide bonds. The van der Waals surface area contributed by atoms with Crippen molar-refractivity contribution in [1.29, 1.82) is 0 Å². The highest BCUT2D eigenvalue weighted by molar-refractivity contribution is 5.92. The maximum absolute atomic E-state index is 13.3. The van der Waals surface area contributed by atoms with Gasteiger partial charge in [-0.25, -0.2) is 4.79 Å². The summed E-state index contributed by atoms with van der Waals surface area (Å²) in [5.74, 6) is -1.60. The summed E-state index contributed by atoms with van der Waals surface area (Å²) < 4.78 is 10.1. The van der Waals surface area contributed by atoms with Gasteiger partial charge < -0.3 is 30.1 Å². The zero-order valence-corrected chi connectivity index (χ0v) is 20.8. The van der Waals surface area contributed by atoms with Gasteiger partial charge in [0.25, 0.3) is 0 Å². The zero-order valence-electron chi connectivity index (χ0n) is 20.8. The second kappa shape index (κ2) is 13.5. The van der Waals surface area contributed by atoms with E-state index < -0.39 is 48.2 Å². The molecular weight excluding hydrogens is 442 g/mol. The Kier molecular flexibility index (Phi) is 11.5. The van der Waals surface area contributed by atoms with Crippen molar-refractivity contribution >= 4 is 23.9 Å². The molecule has 34 heavy (non-hydrogen) atoms. The van der Waals surface area contributed by atoms with Crippen molar-refractivity contribution in [3.63, 3.8) is 0 Å². The minimum atomic E-state index is -1.31. The molecular formula is C24H37N3O7. The molecule has 0 fully saturated rings. The quantitative estimate of drug-likeness (QED) is 0.412. The molecule has 1 aromatic carbocycles. The third kappa shape index (κ3) is 9.38. The average molecular weight is 480 g/mol. The van der Waals surface area contributed by atoms with Crippen LogP contribution in [0.2, 0.25) is 0 Å². The van der Waals surface area contributed by atoms with E-state index in [0.717, 1.165) is 5.56 Å². The Labute approximate surface area is 201 Å². The number of hydrogen-bond acceptors (Lipinski definition) is 7. The minimum absolute atomic E-state index is 0.0142. The Morgan fingerprint density at radius 2 is 1.82 bits per heavy atom. The summed E-state index contributed by atoms with van der Waals surface area (Å²) >= 11 is 0. The number of carbonyl (C=O) groups excluding carboxylic acids is 4. The number of benzene rings is 1. The van der Waals surface area contributed by atoms with Crippen LogP contribution in [0.1, 0.15) is 58.2 Å². The van der Waals surface area contributed by atoms with Crippen molar-refractivity contribution in [3.8, 4) is 0 Å². The number of aliphatic hydroxyl groups is 1. The molecule has 3 N–H and O–H groups in total. The Morgan fingerprint density at radius 1 is 1.15 bits per heavy atom. The van der Waals surface area contributed by atoms with E-state index in [1.54, 1.807) is 52.8 Å². The first-order valence-electron chi connectivity index (χ1n) is 11.3. The van der Waals surface area contributed by atoms with E-state index in [-0.39, 0.29) is 26.1 Å². The lowest BCUT2D eigenvalue weighted by Crippen LogP contribution is -2.54. The van der Waals surface area contributed by atoms with Gasteiger partial charge in [0.2, 0.25) is 11.8 Å². The van der Waals surface area contributed by atoms with Gasteiger partial charge in [0.1, 0.15) is 17.7 Å². The number of aliphatic hydroxyl groups excluding tert-OH is 1. The van der Waals surface area contributed by atoms with Crippen LogP contribution in [0, 0.1) is 6.92 Å². The number of nitrogens with one attached hydrogen (secondary N) is 2. The van der Waals surface area contributed by atoms with E-state index in [1.807, 2.05) is 13.0 Å². The number of nitrogens with zero attached hydrogens (tertiary/aromatic N) is 1. The van der Waals surface area contributed by atoms with Crippen LogP contribution in [-0.4, -0.2) is 71.8 Å². The second-order valence-corrected chi connectivity index (χ2v) is 8.67. The predicted molar refractivity (Wildman–Crippen MR) is 126 cm³/mol. The highest BCUT2D eigenvalue weighted by Gasteiger charge is 2.35. The van der Waals surface area contributed by atoms with Gasteiger partial charge in [-0.2, -0.15) is 0 Å². The molecule has 2 unspecified atom stereocenters. The van der Waals surface area contributed by atoms with Crippen LogP contribution >= 0.6 is 0 Å². The fraction of sp³-hybridized carbons (Fsp3) is 0.583. The van der Waals surface area contributed by atoms with E-state index in [0.29, 0.717) is 5.56 Å². The van der Waals surface area contributed by atoms with Crippen molar-refractivity contribution in [2.75, 3.05) is 26.3 Å². The maximum atomic E-state index is 13.3. The standard InChI is InChI=1S/C24H37N3O7/c1-7-27(22(31)18(15-28)26-23(32)34-24(4,5)6)20(17-11-9-10-16(3)14-17)21(30)25-13-12-19(29)33-8-2/h9-11,14,18,20,28H,7-8,12-13,15H2,1-6H3,(H,25,30)(H,26,32). The molecule has 190 valence electrons.